The number of likely N-dealkylation sites (tertiary alicyclic amines) is 1. The largest absolute Gasteiger partial charge is 0.346 e. The average Bonchev–Trinajstić information content (AvgIpc) is 3.51. The van der Waals surface area contributed by atoms with E-state index in [0.717, 1.165) is 25.7 Å². The minimum absolute atomic E-state index is 0.0245. The first-order chi connectivity index (χ1) is 23.7. The van der Waals surface area contributed by atoms with Gasteiger partial charge in [-0.1, -0.05) is 93.6 Å². The predicted molar refractivity (Wildman–Crippen MR) is 199 cm³/mol. The van der Waals surface area contributed by atoms with E-state index in [1.807, 2.05) is 41.5 Å². The molecule has 13 heteroatoms. The molecule has 0 spiro atoms. The Morgan fingerprint density at radius 2 is 1.65 bits per heavy atom. The van der Waals surface area contributed by atoms with Crippen LogP contribution in [0.25, 0.3) is 0 Å². The Labute approximate surface area is 306 Å². The molecule has 1 aliphatic carbocycles. The summed E-state index contributed by atoms with van der Waals surface area (Å²) in [5, 5.41) is 10.7. The van der Waals surface area contributed by atoms with Crippen LogP contribution in [-0.2, 0) is 29.0 Å². The zero-order valence-corrected chi connectivity index (χ0v) is 33.2. The third kappa shape index (κ3) is 10.6. The Hall–Kier alpha value is -2.96. The van der Waals surface area contributed by atoms with Crippen molar-refractivity contribution in [3.63, 3.8) is 0 Å². The number of urea groups is 1. The van der Waals surface area contributed by atoms with E-state index in [2.05, 4.69) is 41.7 Å². The van der Waals surface area contributed by atoms with Crippen molar-refractivity contribution in [2.24, 2.45) is 22.7 Å². The van der Waals surface area contributed by atoms with E-state index in [-0.39, 0.29) is 42.5 Å². The van der Waals surface area contributed by atoms with Crippen LogP contribution in [0.2, 0.25) is 0 Å². The number of amides is 5. The first kappa shape index (κ1) is 42.5. The number of nitrogens with zero attached hydrogens (tertiary/aromatic N) is 1. The number of nitrogens with one attached hydrogen (secondary N) is 4. The smallest absolute Gasteiger partial charge is 0.315 e. The number of carbonyl (C=O) groups is 5. The van der Waals surface area contributed by atoms with Crippen LogP contribution in [0.1, 0.15) is 126 Å². The summed E-state index contributed by atoms with van der Waals surface area (Å²) in [7, 11) is -3.46. The second-order valence-electron chi connectivity index (χ2n) is 17.3. The van der Waals surface area contributed by atoms with E-state index in [1.54, 1.807) is 0 Å². The van der Waals surface area contributed by atoms with Gasteiger partial charge in [-0.05, 0) is 61.2 Å². The number of ketones is 1. The minimum atomic E-state index is -3.46. The Bertz CT molecular complexity index is 1400. The molecule has 0 aromatic carbocycles. The molecule has 3 aliphatic rings. The number of hydrogen-bond donors (Lipinski definition) is 4. The summed E-state index contributed by atoms with van der Waals surface area (Å²) in [6.45, 7) is 19.6. The van der Waals surface area contributed by atoms with Crippen LogP contribution in [0, 0.1) is 22.7 Å². The molecule has 5 amide bonds. The van der Waals surface area contributed by atoms with Crippen molar-refractivity contribution >= 4 is 39.4 Å². The van der Waals surface area contributed by atoms with Gasteiger partial charge in [-0.3, -0.25) is 19.2 Å². The number of carbonyl (C=O) groups excluding carboxylic acids is 5. The molecule has 0 aromatic heterocycles. The van der Waals surface area contributed by atoms with Crippen LogP contribution in [0.15, 0.2) is 12.7 Å². The lowest BCUT2D eigenvalue weighted by Crippen LogP contribution is -2.66. The molecule has 12 nitrogen and oxygen atoms in total. The number of Topliss-reactive ketones (excluding diaryl/α,β-unsaturated/α-hetero) is 1. The van der Waals surface area contributed by atoms with Gasteiger partial charge >= 0.3 is 6.03 Å². The van der Waals surface area contributed by atoms with E-state index in [0.29, 0.717) is 38.5 Å². The summed E-state index contributed by atoms with van der Waals surface area (Å²) >= 11 is 0. The van der Waals surface area contributed by atoms with Crippen LogP contribution in [0.5, 0.6) is 0 Å². The average molecular weight is 736 g/mol. The van der Waals surface area contributed by atoms with Gasteiger partial charge in [0.1, 0.15) is 12.1 Å². The molecule has 5 atom stereocenters. The Morgan fingerprint density at radius 1 is 1.00 bits per heavy atom. The highest BCUT2D eigenvalue weighted by molar-refractivity contribution is 7.92. The van der Waals surface area contributed by atoms with Crippen molar-refractivity contribution in [3.8, 4) is 0 Å². The minimum Gasteiger partial charge on any atom is -0.346 e. The Balaban J connectivity index is 1.90. The second kappa shape index (κ2) is 17.2. The molecule has 2 saturated heterocycles. The number of sulfone groups is 1. The predicted octanol–water partition coefficient (Wildman–Crippen LogP) is 4.43. The molecule has 1 saturated carbocycles. The van der Waals surface area contributed by atoms with Crippen LogP contribution in [-0.4, -0.2) is 90.6 Å². The lowest BCUT2D eigenvalue weighted by atomic mass is 9.73. The summed E-state index contributed by atoms with van der Waals surface area (Å²) in [6, 6.07) is -3.61. The molecule has 0 aromatic rings. The van der Waals surface area contributed by atoms with Crippen molar-refractivity contribution in [2.45, 2.75) is 155 Å². The third-order valence-corrected chi connectivity index (χ3v) is 13.6. The molecule has 51 heavy (non-hydrogen) atoms. The first-order valence-electron chi connectivity index (χ1n) is 19.0. The van der Waals surface area contributed by atoms with Crippen LogP contribution >= 0.6 is 0 Å². The Kier molecular flexibility index (Phi) is 14.4. The fraction of sp³-hybridized carbons (Fsp3) is 0.816. The van der Waals surface area contributed by atoms with Gasteiger partial charge < -0.3 is 26.2 Å². The van der Waals surface area contributed by atoms with Gasteiger partial charge in [0.15, 0.2) is 9.84 Å². The summed E-state index contributed by atoms with van der Waals surface area (Å²) < 4.78 is 27.1. The molecule has 290 valence electrons. The van der Waals surface area contributed by atoms with Crippen molar-refractivity contribution in [2.75, 3.05) is 18.8 Å². The summed E-state index contributed by atoms with van der Waals surface area (Å²) in [5.74, 6) is -2.60. The zero-order chi connectivity index (χ0) is 38.4. The Morgan fingerprint density at radius 3 is 2.22 bits per heavy atom. The van der Waals surface area contributed by atoms with Gasteiger partial charge in [-0.25, -0.2) is 13.2 Å². The number of unbranched alkanes of at least 4 members (excludes halogenated alkanes) is 1. The van der Waals surface area contributed by atoms with Gasteiger partial charge in [0.05, 0.1) is 22.6 Å². The van der Waals surface area contributed by atoms with E-state index < -0.39 is 73.7 Å². The van der Waals surface area contributed by atoms with Crippen LogP contribution < -0.4 is 21.3 Å². The monoisotopic (exact) mass is 735 g/mol. The third-order valence-electron chi connectivity index (χ3n) is 11.3. The highest BCUT2D eigenvalue weighted by Crippen LogP contribution is 2.44. The lowest BCUT2D eigenvalue weighted by molar-refractivity contribution is -0.144. The molecule has 3 rings (SSSR count). The van der Waals surface area contributed by atoms with Crippen molar-refractivity contribution < 1.29 is 32.4 Å². The fourth-order valence-corrected chi connectivity index (χ4v) is 11.0. The highest BCUT2D eigenvalue weighted by atomic mass is 32.2. The molecule has 3 fully saturated rings. The highest BCUT2D eigenvalue weighted by Gasteiger charge is 2.53. The fourth-order valence-electron chi connectivity index (χ4n) is 8.19. The number of hydrogen-bond acceptors (Lipinski definition) is 7. The standard InChI is InChI=1S/C38H65N5O7S/c1-10-12-16-27(30(44)33(46)39-21-11-2)40-32(45)29-26(25(3)4)17-22-43(29)34(47)31(36(5,6)7)41-35(48)42-38(18-14-13-15-19-38)28-24-37(8,9)20-23-51(28,49)50/h11,25-29,31H,2,10,12-24H2,1,3-9H3,(H,39,46)(H,40,45)(H2,41,42,48)/t26?,27-,28+,29-,31+/m0/s1. The van der Waals surface area contributed by atoms with Gasteiger partial charge in [0.25, 0.3) is 5.91 Å². The molecule has 4 N–H and O–H groups in total. The maximum Gasteiger partial charge on any atom is 0.315 e. The van der Waals surface area contributed by atoms with E-state index in [9.17, 15) is 32.4 Å². The van der Waals surface area contributed by atoms with E-state index >= 15 is 0 Å². The van der Waals surface area contributed by atoms with Gasteiger partial charge in [0.2, 0.25) is 17.6 Å². The maximum atomic E-state index is 14.6. The quantitative estimate of drug-likeness (QED) is 0.151. The molecular formula is C38H65N5O7S. The molecule has 1 unspecified atom stereocenters. The maximum absolute atomic E-state index is 14.6. The molecule has 0 radical (unpaired) electrons. The van der Waals surface area contributed by atoms with Crippen LogP contribution in [0.4, 0.5) is 4.79 Å². The van der Waals surface area contributed by atoms with Gasteiger partial charge in [-0.15, -0.1) is 6.58 Å². The van der Waals surface area contributed by atoms with Gasteiger partial charge in [-0.2, -0.15) is 0 Å². The zero-order valence-electron chi connectivity index (χ0n) is 32.4. The van der Waals surface area contributed by atoms with Gasteiger partial charge in [0, 0.05) is 13.1 Å². The molecule has 2 heterocycles. The second-order valence-corrected chi connectivity index (χ2v) is 19.6. The molecular weight excluding hydrogens is 671 g/mol. The molecule has 2 aliphatic heterocycles. The molecule has 0 bridgehead atoms. The summed E-state index contributed by atoms with van der Waals surface area (Å²) in [6.07, 6.45) is 8.34. The normalized spacial score (nSPS) is 25.3. The number of rotatable bonds is 14. The van der Waals surface area contributed by atoms with Crippen molar-refractivity contribution in [3.05, 3.63) is 12.7 Å². The summed E-state index contributed by atoms with van der Waals surface area (Å²) in [4.78, 5) is 69.9. The topological polar surface area (TPSA) is 171 Å². The SMILES string of the molecule is C=CCNC(=O)C(=O)[C@H](CCCC)NC(=O)[C@@H]1C(C(C)C)CCN1C(=O)[C@@H](NC(=O)NC1([C@H]2CC(C)(C)CCS2(=O)=O)CCCCC1)C(C)(C)C. The van der Waals surface area contributed by atoms with E-state index in [1.165, 1.54) is 11.0 Å². The van der Waals surface area contributed by atoms with Crippen molar-refractivity contribution in [1.82, 2.24) is 26.2 Å². The summed E-state index contributed by atoms with van der Waals surface area (Å²) in [5.41, 5.74) is -1.90. The van der Waals surface area contributed by atoms with E-state index in [4.69, 9.17) is 0 Å². The lowest BCUT2D eigenvalue weighted by Gasteiger charge is -2.48. The van der Waals surface area contributed by atoms with Crippen LogP contribution in [0.3, 0.4) is 0 Å². The first-order valence-corrected chi connectivity index (χ1v) is 20.7. The van der Waals surface area contributed by atoms with Crippen molar-refractivity contribution in [1.29, 1.82) is 0 Å².